The van der Waals surface area contributed by atoms with E-state index in [2.05, 4.69) is 10.2 Å². The molecule has 4 nitrogen and oxygen atoms in total. The molecule has 1 aliphatic heterocycles. The maximum atomic E-state index is 12.8. The van der Waals surface area contributed by atoms with Crippen molar-refractivity contribution in [3.63, 3.8) is 0 Å². The number of nitrogens with zero attached hydrogens (tertiary/aromatic N) is 2. The molecule has 0 atom stereocenters. The van der Waals surface area contributed by atoms with Gasteiger partial charge in [-0.05, 0) is 35.0 Å². The second-order valence-electron chi connectivity index (χ2n) is 6.70. The van der Waals surface area contributed by atoms with Crippen LogP contribution in [0.2, 0.25) is 0 Å². The first-order valence-corrected chi connectivity index (χ1v) is 8.93. The van der Waals surface area contributed by atoms with Crippen molar-refractivity contribution in [1.82, 2.24) is 0 Å². The summed E-state index contributed by atoms with van der Waals surface area (Å²) < 4.78 is 0. The Hall–Kier alpha value is -3.92. The highest BCUT2D eigenvalue weighted by molar-refractivity contribution is 6.14. The van der Waals surface area contributed by atoms with Crippen molar-refractivity contribution in [1.29, 1.82) is 0 Å². The molecular weight excluding hydrogens is 348 g/mol. The van der Waals surface area contributed by atoms with Crippen LogP contribution in [0.4, 0.5) is 11.4 Å². The summed E-state index contributed by atoms with van der Waals surface area (Å²) >= 11 is 0. The van der Waals surface area contributed by atoms with Crippen LogP contribution in [-0.2, 0) is 0 Å². The second-order valence-corrected chi connectivity index (χ2v) is 6.70. The lowest BCUT2D eigenvalue weighted by molar-refractivity contribution is 0.102. The summed E-state index contributed by atoms with van der Waals surface area (Å²) in [4.78, 5) is 25.6. The van der Waals surface area contributed by atoms with E-state index in [1.165, 1.54) is 0 Å². The Bertz CT molecular complexity index is 1290. The van der Waals surface area contributed by atoms with E-state index < -0.39 is 0 Å². The first-order chi connectivity index (χ1) is 13.7. The average Bonchev–Trinajstić information content (AvgIpc) is 3.13. The highest BCUT2D eigenvalue weighted by Gasteiger charge is 2.18. The van der Waals surface area contributed by atoms with Crippen LogP contribution >= 0.6 is 0 Å². The molecule has 1 aliphatic rings. The van der Waals surface area contributed by atoms with Crippen LogP contribution in [0.25, 0.3) is 10.8 Å². The Labute approximate surface area is 161 Å². The van der Waals surface area contributed by atoms with Gasteiger partial charge in [0.2, 0.25) is 0 Å². The van der Waals surface area contributed by atoms with Gasteiger partial charge in [0.05, 0.1) is 16.9 Å². The van der Waals surface area contributed by atoms with Crippen molar-refractivity contribution in [2.24, 2.45) is 10.2 Å². The molecule has 0 saturated carbocycles. The molecular formula is C24H14N2O2. The van der Waals surface area contributed by atoms with Gasteiger partial charge in [-0.25, -0.2) is 0 Å². The topological polar surface area (TPSA) is 58.9 Å². The third-order valence-corrected chi connectivity index (χ3v) is 4.92. The van der Waals surface area contributed by atoms with Gasteiger partial charge in [0.25, 0.3) is 0 Å². The van der Waals surface area contributed by atoms with E-state index in [4.69, 9.17) is 0 Å². The molecule has 4 heteroatoms. The molecule has 4 aromatic carbocycles. The van der Waals surface area contributed by atoms with Gasteiger partial charge in [-0.15, -0.1) is 5.11 Å². The van der Waals surface area contributed by atoms with E-state index in [1.54, 1.807) is 42.5 Å². The number of fused-ring (bicyclic) bond motifs is 3. The monoisotopic (exact) mass is 362 g/mol. The molecule has 0 aromatic heterocycles. The molecule has 1 heterocycles. The van der Waals surface area contributed by atoms with Gasteiger partial charge in [0, 0.05) is 16.7 Å². The van der Waals surface area contributed by atoms with Crippen LogP contribution in [0.3, 0.4) is 0 Å². The first kappa shape index (κ1) is 16.3. The summed E-state index contributed by atoms with van der Waals surface area (Å²) in [5.74, 6) is -0.200. The predicted octanol–water partition coefficient (Wildman–Crippen LogP) is 6.03. The molecule has 0 fully saturated rings. The molecule has 0 unspecified atom stereocenters. The number of hydrogen-bond donors (Lipinski definition) is 0. The lowest BCUT2D eigenvalue weighted by Crippen LogP contribution is -2.04. The highest BCUT2D eigenvalue weighted by atomic mass is 16.1. The number of carbonyl (C=O) groups is 2. The van der Waals surface area contributed by atoms with Crippen LogP contribution < -0.4 is 0 Å². The smallest absolute Gasteiger partial charge is 0.195 e. The number of ketones is 2. The van der Waals surface area contributed by atoms with Gasteiger partial charge in [-0.3, -0.25) is 9.59 Å². The quantitative estimate of drug-likeness (QED) is 0.366. The second kappa shape index (κ2) is 6.35. The van der Waals surface area contributed by atoms with Gasteiger partial charge in [0.15, 0.2) is 11.6 Å². The van der Waals surface area contributed by atoms with Crippen molar-refractivity contribution in [3.05, 3.63) is 107 Å². The summed E-state index contributed by atoms with van der Waals surface area (Å²) in [5, 5.41) is 10.1. The van der Waals surface area contributed by atoms with Crippen LogP contribution in [0.15, 0.2) is 95.2 Å². The number of benzene rings is 4. The lowest BCUT2D eigenvalue weighted by Gasteiger charge is -2.06. The molecule has 0 aliphatic carbocycles. The fourth-order valence-electron chi connectivity index (χ4n) is 3.39. The first-order valence-electron chi connectivity index (χ1n) is 8.93. The Kier molecular flexibility index (Phi) is 3.69. The molecule has 132 valence electrons. The van der Waals surface area contributed by atoms with Crippen molar-refractivity contribution in [3.8, 4) is 0 Å². The van der Waals surface area contributed by atoms with E-state index in [9.17, 15) is 9.59 Å². The maximum Gasteiger partial charge on any atom is 0.195 e. The zero-order chi connectivity index (χ0) is 19.1. The Morgan fingerprint density at radius 3 is 2.04 bits per heavy atom. The van der Waals surface area contributed by atoms with Gasteiger partial charge in [-0.2, -0.15) is 5.11 Å². The fourth-order valence-corrected chi connectivity index (χ4v) is 3.39. The minimum absolute atomic E-state index is 0.0680. The predicted molar refractivity (Wildman–Crippen MR) is 108 cm³/mol. The van der Waals surface area contributed by atoms with Gasteiger partial charge in [0.1, 0.15) is 0 Å². The van der Waals surface area contributed by atoms with E-state index >= 15 is 0 Å². The SMILES string of the molecule is O=C(c1ccc(C(=O)c2ccc3cc2N=N3)cc1)c1ccc2ccccc2c1. The lowest BCUT2D eigenvalue weighted by atomic mass is 9.97. The minimum Gasteiger partial charge on any atom is -0.289 e. The highest BCUT2D eigenvalue weighted by Crippen LogP contribution is 2.34. The maximum absolute atomic E-state index is 12.8. The molecule has 0 spiro atoms. The van der Waals surface area contributed by atoms with E-state index in [0.717, 1.165) is 16.5 Å². The van der Waals surface area contributed by atoms with Crippen LogP contribution in [-0.4, -0.2) is 11.6 Å². The number of rotatable bonds is 4. The van der Waals surface area contributed by atoms with Crippen LogP contribution in [0.1, 0.15) is 31.8 Å². The van der Waals surface area contributed by atoms with Crippen molar-refractivity contribution >= 4 is 33.7 Å². The van der Waals surface area contributed by atoms with E-state index in [1.807, 2.05) is 42.5 Å². The molecule has 0 N–H and O–H groups in total. The number of azo groups is 1. The number of hydrogen-bond acceptors (Lipinski definition) is 4. The van der Waals surface area contributed by atoms with Crippen LogP contribution in [0.5, 0.6) is 0 Å². The zero-order valence-electron chi connectivity index (χ0n) is 14.8. The van der Waals surface area contributed by atoms with E-state index in [0.29, 0.717) is 27.9 Å². The summed E-state index contributed by atoms with van der Waals surface area (Å²) in [5.41, 5.74) is 3.54. The minimum atomic E-state index is -0.132. The molecule has 0 saturated heterocycles. The molecule has 0 radical (unpaired) electrons. The van der Waals surface area contributed by atoms with Gasteiger partial charge in [-0.1, -0.05) is 60.7 Å². The summed E-state index contributed by atoms with van der Waals surface area (Å²) in [7, 11) is 0. The Morgan fingerprint density at radius 2 is 1.25 bits per heavy atom. The molecule has 4 aromatic rings. The summed E-state index contributed by atoms with van der Waals surface area (Å²) in [6, 6.07) is 25.6. The van der Waals surface area contributed by atoms with Crippen molar-refractivity contribution in [2.45, 2.75) is 0 Å². The molecule has 2 bridgehead atoms. The van der Waals surface area contributed by atoms with E-state index in [-0.39, 0.29) is 11.6 Å². The third kappa shape index (κ3) is 2.72. The average molecular weight is 362 g/mol. The largest absolute Gasteiger partial charge is 0.289 e. The fraction of sp³-hybridized carbons (Fsp3) is 0. The Balaban J connectivity index is 1.43. The van der Waals surface area contributed by atoms with Crippen molar-refractivity contribution in [2.75, 3.05) is 0 Å². The molecule has 5 rings (SSSR count). The summed E-state index contributed by atoms with van der Waals surface area (Å²) in [6.45, 7) is 0. The van der Waals surface area contributed by atoms with Gasteiger partial charge < -0.3 is 0 Å². The summed E-state index contributed by atoms with van der Waals surface area (Å²) in [6.07, 6.45) is 0. The number of carbonyl (C=O) groups excluding carboxylic acids is 2. The standard InChI is InChI=1S/C24H14N2O2/c27-23(19-10-5-15-3-1-2-4-18(15)13-19)16-6-8-17(9-7-16)24(28)21-12-11-20-14-22(21)26-25-20/h1-14H. The normalized spacial score (nSPS) is 11.7. The zero-order valence-corrected chi connectivity index (χ0v) is 14.8. The molecule has 0 amide bonds. The van der Waals surface area contributed by atoms with Crippen LogP contribution in [0, 0.1) is 0 Å². The Morgan fingerprint density at radius 1 is 0.571 bits per heavy atom. The van der Waals surface area contributed by atoms with Gasteiger partial charge >= 0.3 is 0 Å². The third-order valence-electron chi connectivity index (χ3n) is 4.92. The van der Waals surface area contributed by atoms with Crippen molar-refractivity contribution < 1.29 is 9.59 Å². The molecule has 28 heavy (non-hydrogen) atoms.